The molecule has 0 aliphatic carbocycles. The molecule has 0 amide bonds. The molecule has 1 unspecified atom stereocenters. The van der Waals surface area contributed by atoms with Crippen molar-refractivity contribution in [2.45, 2.75) is 6.92 Å². The van der Waals surface area contributed by atoms with E-state index in [0.29, 0.717) is 15.7 Å². The van der Waals surface area contributed by atoms with Crippen molar-refractivity contribution >= 4 is 60.9 Å². The first-order valence-electron chi connectivity index (χ1n) is 7.72. The second-order valence-electron chi connectivity index (χ2n) is 5.56. The van der Waals surface area contributed by atoms with Gasteiger partial charge in [0.15, 0.2) is 0 Å². The summed E-state index contributed by atoms with van der Waals surface area (Å²) < 4.78 is 36.3. The molecule has 1 aromatic heterocycles. The van der Waals surface area contributed by atoms with Gasteiger partial charge >= 0.3 is 5.97 Å². The van der Waals surface area contributed by atoms with Gasteiger partial charge in [-0.1, -0.05) is 11.6 Å². The van der Waals surface area contributed by atoms with Crippen LogP contribution in [0.2, 0.25) is 5.02 Å². The molecule has 0 N–H and O–H groups in total. The van der Waals surface area contributed by atoms with Crippen molar-refractivity contribution in [3.05, 3.63) is 52.5 Å². The largest absolute Gasteiger partial charge is 0.755 e. The highest BCUT2D eigenvalue weighted by Crippen LogP contribution is 2.44. The lowest BCUT2D eigenvalue weighted by atomic mass is 10.1. The molecular formula is C18H15ClNO5S2-. The number of halogens is 1. The number of anilines is 2. The Kier molecular flexibility index (Phi) is 5.71. The summed E-state index contributed by atoms with van der Waals surface area (Å²) in [7, 11) is 2.68. The number of ether oxygens (including phenoxy) is 2. The fraction of sp³-hybridized carbons (Fsp3) is 0.167. The van der Waals surface area contributed by atoms with Gasteiger partial charge in [-0.05, 0) is 54.3 Å². The maximum Gasteiger partial charge on any atom is 0.337 e. The number of aryl methyl sites for hydroxylation is 1. The first kappa shape index (κ1) is 19.6. The van der Waals surface area contributed by atoms with E-state index in [1.54, 1.807) is 12.1 Å². The van der Waals surface area contributed by atoms with Crippen LogP contribution in [0.1, 0.15) is 15.9 Å². The minimum Gasteiger partial charge on any atom is -0.755 e. The van der Waals surface area contributed by atoms with Crippen molar-refractivity contribution in [1.82, 2.24) is 0 Å². The van der Waals surface area contributed by atoms with Crippen molar-refractivity contribution in [3.8, 4) is 5.75 Å². The van der Waals surface area contributed by atoms with Crippen LogP contribution in [0, 0.1) is 6.92 Å². The monoisotopic (exact) mass is 424 g/mol. The molecular weight excluding hydrogens is 410 g/mol. The summed E-state index contributed by atoms with van der Waals surface area (Å²) in [4.78, 5) is 11.7. The fourth-order valence-corrected chi connectivity index (χ4v) is 4.88. The normalized spacial score (nSPS) is 12.0. The Morgan fingerprint density at radius 3 is 2.59 bits per heavy atom. The second kappa shape index (κ2) is 7.85. The first-order valence-corrected chi connectivity index (χ1v) is 9.94. The van der Waals surface area contributed by atoms with Gasteiger partial charge in [0.05, 0.1) is 36.7 Å². The molecule has 0 aliphatic rings. The SMILES string of the molecule is COC(=O)c1ccc(N(c2sc3ccc(Cl)cc3c2C)S(=O)[O-])c(OC)c1. The van der Waals surface area contributed by atoms with Gasteiger partial charge in [0, 0.05) is 9.72 Å². The Morgan fingerprint density at radius 1 is 1.22 bits per heavy atom. The van der Waals surface area contributed by atoms with Crippen LogP contribution in [0.15, 0.2) is 36.4 Å². The van der Waals surface area contributed by atoms with Gasteiger partial charge in [-0.15, -0.1) is 11.3 Å². The first-order chi connectivity index (χ1) is 12.9. The zero-order valence-electron chi connectivity index (χ0n) is 14.6. The van der Waals surface area contributed by atoms with Crippen molar-refractivity contribution in [2.75, 3.05) is 18.5 Å². The molecule has 3 rings (SSSR count). The van der Waals surface area contributed by atoms with E-state index < -0.39 is 17.2 Å². The van der Waals surface area contributed by atoms with E-state index >= 15 is 0 Å². The average molecular weight is 425 g/mol. The molecule has 0 saturated heterocycles. The number of carbonyl (C=O) groups excluding carboxylic acids is 1. The van der Waals surface area contributed by atoms with Gasteiger partial charge in [0.25, 0.3) is 0 Å². The number of thiophene rings is 1. The van der Waals surface area contributed by atoms with Crippen molar-refractivity contribution in [1.29, 1.82) is 0 Å². The molecule has 6 nitrogen and oxygen atoms in total. The van der Waals surface area contributed by atoms with Crippen LogP contribution >= 0.6 is 22.9 Å². The molecule has 27 heavy (non-hydrogen) atoms. The van der Waals surface area contributed by atoms with E-state index in [1.807, 2.05) is 13.0 Å². The number of methoxy groups -OCH3 is 2. The second-order valence-corrected chi connectivity index (χ2v) is 7.83. The lowest BCUT2D eigenvalue weighted by Crippen LogP contribution is -2.20. The van der Waals surface area contributed by atoms with Gasteiger partial charge in [-0.25, -0.2) is 4.79 Å². The standard InChI is InChI=1S/C18H16ClNO5S2/c1-10-13-9-12(19)5-7-16(13)26-17(10)20(27(22)23)14-6-4-11(18(21)25-3)8-15(14)24-2/h4-9H,1-3H3,(H,22,23)/p-1. The van der Waals surface area contributed by atoms with Gasteiger partial charge < -0.3 is 14.0 Å². The summed E-state index contributed by atoms with van der Waals surface area (Å²) in [6.07, 6.45) is 0. The van der Waals surface area contributed by atoms with E-state index in [4.69, 9.17) is 21.1 Å². The maximum atomic E-state index is 12.1. The van der Waals surface area contributed by atoms with Crippen LogP contribution in [0.25, 0.3) is 10.1 Å². The average Bonchev–Trinajstić information content (AvgIpc) is 2.97. The number of rotatable bonds is 5. The molecule has 0 bridgehead atoms. The Balaban J connectivity index is 2.19. The zero-order chi connectivity index (χ0) is 19.7. The minimum atomic E-state index is -2.61. The summed E-state index contributed by atoms with van der Waals surface area (Å²) in [6.45, 7) is 1.83. The molecule has 1 heterocycles. The third-order valence-electron chi connectivity index (χ3n) is 4.03. The zero-order valence-corrected chi connectivity index (χ0v) is 17.0. The van der Waals surface area contributed by atoms with E-state index in [1.165, 1.54) is 43.8 Å². The molecule has 0 aliphatic heterocycles. The van der Waals surface area contributed by atoms with Crippen LogP contribution in [0.4, 0.5) is 10.7 Å². The van der Waals surface area contributed by atoms with Gasteiger partial charge in [-0.3, -0.25) is 8.51 Å². The van der Waals surface area contributed by atoms with Crippen molar-refractivity contribution in [3.63, 3.8) is 0 Å². The minimum absolute atomic E-state index is 0.233. The van der Waals surface area contributed by atoms with Crippen molar-refractivity contribution < 1.29 is 23.0 Å². The van der Waals surface area contributed by atoms with E-state index in [2.05, 4.69) is 0 Å². The summed E-state index contributed by atoms with van der Waals surface area (Å²) in [5, 5.41) is 1.97. The molecule has 142 valence electrons. The van der Waals surface area contributed by atoms with Crippen LogP contribution in [0.5, 0.6) is 5.75 Å². The lowest BCUT2D eigenvalue weighted by molar-refractivity contribution is 0.0600. The molecule has 0 spiro atoms. The van der Waals surface area contributed by atoms with E-state index in [-0.39, 0.29) is 11.3 Å². The molecule has 0 saturated carbocycles. The van der Waals surface area contributed by atoms with E-state index in [9.17, 15) is 13.6 Å². The van der Waals surface area contributed by atoms with Gasteiger partial charge in [-0.2, -0.15) is 0 Å². The number of fused-ring (bicyclic) bond motifs is 1. The Labute approximate surface area is 167 Å². The summed E-state index contributed by atoms with van der Waals surface area (Å²) >= 11 is 4.78. The maximum absolute atomic E-state index is 12.1. The fourth-order valence-electron chi connectivity index (χ4n) is 2.72. The predicted molar refractivity (Wildman–Crippen MR) is 107 cm³/mol. The predicted octanol–water partition coefficient (Wildman–Crippen LogP) is 4.59. The quantitative estimate of drug-likeness (QED) is 0.442. The van der Waals surface area contributed by atoms with Crippen molar-refractivity contribution in [2.24, 2.45) is 0 Å². The topological polar surface area (TPSA) is 78.9 Å². The summed E-state index contributed by atoms with van der Waals surface area (Å²) in [5.74, 6) is -0.306. The van der Waals surface area contributed by atoms with Crippen LogP contribution in [0.3, 0.4) is 0 Å². The Hall–Kier alpha value is -2.13. The molecule has 3 aromatic rings. The highest BCUT2D eigenvalue weighted by atomic mass is 35.5. The number of nitrogens with zero attached hydrogens (tertiary/aromatic N) is 1. The van der Waals surface area contributed by atoms with Crippen LogP contribution < -0.4 is 9.04 Å². The smallest absolute Gasteiger partial charge is 0.337 e. The third-order valence-corrected chi connectivity index (χ3v) is 6.31. The highest BCUT2D eigenvalue weighted by molar-refractivity contribution is 7.81. The van der Waals surface area contributed by atoms with E-state index in [0.717, 1.165) is 20.0 Å². The summed E-state index contributed by atoms with van der Waals surface area (Å²) in [6, 6.07) is 9.85. The molecule has 2 aromatic carbocycles. The molecule has 9 heteroatoms. The highest BCUT2D eigenvalue weighted by Gasteiger charge is 2.22. The summed E-state index contributed by atoms with van der Waals surface area (Å²) in [5.41, 5.74) is 1.33. The number of hydrogen-bond acceptors (Lipinski definition) is 6. The number of hydrogen-bond donors (Lipinski definition) is 0. The molecule has 0 fully saturated rings. The van der Waals surface area contributed by atoms with Gasteiger partial charge in [0.1, 0.15) is 10.8 Å². The third kappa shape index (κ3) is 3.66. The Bertz CT molecular complexity index is 1050. The Morgan fingerprint density at radius 2 is 1.96 bits per heavy atom. The van der Waals surface area contributed by atoms with Gasteiger partial charge in [0.2, 0.25) is 0 Å². The molecule has 1 atom stereocenters. The lowest BCUT2D eigenvalue weighted by Gasteiger charge is -2.27. The van der Waals surface area contributed by atoms with Crippen LogP contribution in [-0.2, 0) is 16.0 Å². The number of carbonyl (C=O) groups is 1. The molecule has 0 radical (unpaired) electrons. The van der Waals surface area contributed by atoms with Crippen LogP contribution in [-0.4, -0.2) is 29.0 Å². The number of benzene rings is 2. The number of esters is 1.